The molecule has 0 saturated heterocycles. The van der Waals surface area contributed by atoms with Gasteiger partial charge in [0.15, 0.2) is 0 Å². The molecule has 0 aromatic heterocycles. The van der Waals surface area contributed by atoms with Gasteiger partial charge in [-0.05, 0) is 43.8 Å². The van der Waals surface area contributed by atoms with E-state index in [0.29, 0.717) is 24.1 Å². The van der Waals surface area contributed by atoms with Gasteiger partial charge in [-0.2, -0.15) is 5.26 Å². The molecule has 0 aliphatic carbocycles. The Balaban J connectivity index is 2.69. The smallest absolute Gasteiger partial charge is 0.124 e. The Morgan fingerprint density at radius 2 is 2.00 bits per heavy atom. The fourth-order valence-corrected chi connectivity index (χ4v) is 1.97. The fraction of sp³-hybridized carbons (Fsp3) is 0.533. The molecule has 1 rings (SSSR count). The summed E-state index contributed by atoms with van der Waals surface area (Å²) in [4.78, 5) is 2.13. The van der Waals surface area contributed by atoms with Gasteiger partial charge in [0.25, 0.3) is 0 Å². The van der Waals surface area contributed by atoms with Gasteiger partial charge in [0.2, 0.25) is 0 Å². The number of benzene rings is 1. The van der Waals surface area contributed by atoms with Crippen LogP contribution in [0.1, 0.15) is 25.0 Å². The zero-order chi connectivity index (χ0) is 14.4. The summed E-state index contributed by atoms with van der Waals surface area (Å²) in [6.45, 7) is 5.82. The molecule has 1 aromatic rings. The highest BCUT2D eigenvalue weighted by Gasteiger charge is 2.13. The van der Waals surface area contributed by atoms with E-state index >= 15 is 0 Å². The summed E-state index contributed by atoms with van der Waals surface area (Å²) in [5.41, 5.74) is 1.17. The van der Waals surface area contributed by atoms with E-state index in [0.717, 1.165) is 12.1 Å². The van der Waals surface area contributed by atoms with E-state index in [-0.39, 0.29) is 5.82 Å². The van der Waals surface area contributed by atoms with Crippen molar-refractivity contribution in [3.05, 3.63) is 35.1 Å². The quantitative estimate of drug-likeness (QED) is 0.856. The summed E-state index contributed by atoms with van der Waals surface area (Å²) < 4.78 is 13.3. The maximum atomic E-state index is 13.3. The second-order valence-electron chi connectivity index (χ2n) is 5.45. The topological polar surface area (TPSA) is 39.1 Å². The van der Waals surface area contributed by atoms with Crippen LogP contribution in [0.4, 0.5) is 4.39 Å². The first-order valence-electron chi connectivity index (χ1n) is 6.50. The number of likely N-dealkylation sites (N-methyl/N-ethyl adjacent to an activating group) is 1. The van der Waals surface area contributed by atoms with Crippen LogP contribution in [0, 0.1) is 23.1 Å². The lowest BCUT2D eigenvalue weighted by Gasteiger charge is -2.25. The highest BCUT2D eigenvalue weighted by atomic mass is 19.1. The van der Waals surface area contributed by atoms with Crippen molar-refractivity contribution < 1.29 is 4.39 Å². The molecular weight excluding hydrogens is 241 g/mol. The van der Waals surface area contributed by atoms with E-state index < -0.39 is 0 Å². The van der Waals surface area contributed by atoms with Crippen molar-refractivity contribution >= 4 is 0 Å². The van der Waals surface area contributed by atoms with Crippen molar-refractivity contribution in [2.75, 3.05) is 20.6 Å². The number of nitrogens with one attached hydrogen (secondary N) is 1. The van der Waals surface area contributed by atoms with Gasteiger partial charge in [-0.15, -0.1) is 0 Å². The molecule has 0 aliphatic heterocycles. The molecule has 0 spiro atoms. The molecule has 0 fully saturated rings. The minimum absolute atomic E-state index is 0.337. The third-order valence-electron chi connectivity index (χ3n) is 3.02. The number of nitriles is 1. The van der Waals surface area contributed by atoms with Crippen molar-refractivity contribution in [1.82, 2.24) is 10.2 Å². The largest absolute Gasteiger partial charge is 0.308 e. The lowest BCUT2D eigenvalue weighted by Crippen LogP contribution is -2.41. The van der Waals surface area contributed by atoms with Crippen LogP contribution in [-0.4, -0.2) is 31.6 Å². The van der Waals surface area contributed by atoms with Crippen molar-refractivity contribution in [3.8, 4) is 6.07 Å². The highest BCUT2D eigenvalue weighted by molar-refractivity contribution is 5.33. The predicted octanol–water partition coefficient (Wildman–Crippen LogP) is 2.37. The zero-order valence-corrected chi connectivity index (χ0v) is 12.1. The van der Waals surface area contributed by atoms with Gasteiger partial charge in [0, 0.05) is 19.1 Å². The number of rotatable bonds is 6. The third kappa shape index (κ3) is 5.37. The van der Waals surface area contributed by atoms with Gasteiger partial charge in [-0.1, -0.05) is 13.8 Å². The Morgan fingerprint density at radius 1 is 1.32 bits per heavy atom. The molecule has 0 saturated carbocycles. The molecular formula is C15H22FN3. The summed E-state index contributed by atoms with van der Waals surface area (Å²) in [5, 5.41) is 12.3. The summed E-state index contributed by atoms with van der Waals surface area (Å²) >= 11 is 0. The Bertz CT molecular complexity index is 449. The molecule has 1 aromatic carbocycles. The summed E-state index contributed by atoms with van der Waals surface area (Å²) in [6.07, 6.45) is 0. The number of hydrogen-bond acceptors (Lipinski definition) is 3. The predicted molar refractivity (Wildman–Crippen MR) is 75.1 cm³/mol. The summed E-state index contributed by atoms with van der Waals surface area (Å²) in [6, 6.07) is 6.76. The third-order valence-corrected chi connectivity index (χ3v) is 3.02. The zero-order valence-electron chi connectivity index (χ0n) is 12.1. The number of halogens is 1. The van der Waals surface area contributed by atoms with Gasteiger partial charge in [0.1, 0.15) is 5.82 Å². The van der Waals surface area contributed by atoms with E-state index in [1.165, 1.54) is 12.1 Å². The van der Waals surface area contributed by atoms with E-state index in [9.17, 15) is 4.39 Å². The van der Waals surface area contributed by atoms with Crippen LogP contribution in [0.2, 0.25) is 0 Å². The van der Waals surface area contributed by atoms with Crippen molar-refractivity contribution in [2.24, 2.45) is 5.92 Å². The monoisotopic (exact) mass is 263 g/mol. The average molecular weight is 263 g/mol. The van der Waals surface area contributed by atoms with E-state index in [2.05, 4.69) is 24.1 Å². The Hall–Kier alpha value is -1.44. The molecule has 0 amide bonds. The second-order valence-corrected chi connectivity index (χ2v) is 5.45. The Morgan fingerprint density at radius 3 is 2.53 bits per heavy atom. The van der Waals surface area contributed by atoms with Gasteiger partial charge >= 0.3 is 0 Å². The standard InChI is InChI=1S/C15H22FN3/c1-11(2)15(10-19(3)4)18-9-13-5-12(8-17)6-14(16)7-13/h5-7,11,15,18H,9-10H2,1-4H3. The molecule has 1 atom stereocenters. The molecule has 3 nitrogen and oxygen atoms in total. The summed E-state index contributed by atoms with van der Waals surface area (Å²) in [7, 11) is 4.07. The Kier molecular flexibility index (Phi) is 5.94. The molecule has 4 heteroatoms. The molecule has 1 unspecified atom stereocenters. The molecule has 0 radical (unpaired) electrons. The van der Waals surface area contributed by atoms with E-state index in [1.54, 1.807) is 6.07 Å². The average Bonchev–Trinajstić information content (AvgIpc) is 2.33. The minimum Gasteiger partial charge on any atom is -0.308 e. The maximum absolute atomic E-state index is 13.3. The molecule has 19 heavy (non-hydrogen) atoms. The first-order valence-corrected chi connectivity index (χ1v) is 6.50. The van der Waals surface area contributed by atoms with Gasteiger partial charge in [-0.25, -0.2) is 4.39 Å². The molecule has 1 N–H and O–H groups in total. The van der Waals surface area contributed by atoms with E-state index in [4.69, 9.17) is 5.26 Å². The normalized spacial score (nSPS) is 12.7. The van der Waals surface area contributed by atoms with Crippen LogP contribution < -0.4 is 5.32 Å². The van der Waals surface area contributed by atoms with Gasteiger partial charge in [-0.3, -0.25) is 0 Å². The van der Waals surface area contributed by atoms with Crippen LogP contribution in [0.3, 0.4) is 0 Å². The number of hydrogen-bond donors (Lipinski definition) is 1. The molecule has 104 valence electrons. The maximum Gasteiger partial charge on any atom is 0.124 e. The first kappa shape index (κ1) is 15.6. The Labute approximate surface area is 115 Å². The van der Waals surface area contributed by atoms with E-state index in [1.807, 2.05) is 20.2 Å². The van der Waals surface area contributed by atoms with Crippen molar-refractivity contribution in [3.63, 3.8) is 0 Å². The van der Waals surface area contributed by atoms with Crippen LogP contribution in [-0.2, 0) is 6.54 Å². The van der Waals surface area contributed by atoms with Crippen LogP contribution in [0.25, 0.3) is 0 Å². The fourth-order valence-electron chi connectivity index (χ4n) is 1.97. The van der Waals surface area contributed by atoms with Crippen LogP contribution >= 0.6 is 0 Å². The van der Waals surface area contributed by atoms with Crippen LogP contribution in [0.5, 0.6) is 0 Å². The highest BCUT2D eigenvalue weighted by Crippen LogP contribution is 2.10. The van der Waals surface area contributed by atoms with Crippen molar-refractivity contribution in [2.45, 2.75) is 26.4 Å². The van der Waals surface area contributed by atoms with Gasteiger partial charge in [0.05, 0.1) is 11.6 Å². The van der Waals surface area contributed by atoms with Crippen LogP contribution in [0.15, 0.2) is 18.2 Å². The van der Waals surface area contributed by atoms with Crippen molar-refractivity contribution in [1.29, 1.82) is 5.26 Å². The van der Waals surface area contributed by atoms with Gasteiger partial charge < -0.3 is 10.2 Å². The lowest BCUT2D eigenvalue weighted by molar-refractivity contribution is 0.288. The lowest BCUT2D eigenvalue weighted by atomic mass is 10.0. The molecule has 0 bridgehead atoms. The number of nitrogens with zero attached hydrogens (tertiary/aromatic N) is 2. The SMILES string of the molecule is CC(C)C(CN(C)C)NCc1cc(F)cc(C#N)c1. The molecule has 0 aliphatic rings. The molecule has 0 heterocycles. The first-order chi connectivity index (χ1) is 8.92. The summed E-state index contributed by atoms with van der Waals surface area (Å²) in [5.74, 6) is 0.135. The minimum atomic E-state index is -0.357. The second kappa shape index (κ2) is 7.22.